The van der Waals surface area contributed by atoms with Crippen molar-refractivity contribution in [3.63, 3.8) is 0 Å². The van der Waals surface area contributed by atoms with E-state index >= 15 is 0 Å². The highest BCUT2D eigenvalue weighted by Gasteiger charge is 2.16. The summed E-state index contributed by atoms with van der Waals surface area (Å²) >= 11 is 10.6. The monoisotopic (exact) mass is 376 g/mol. The van der Waals surface area contributed by atoms with Crippen LogP contribution in [-0.2, 0) is 0 Å². The molecule has 70 valence electrons. The predicted molar refractivity (Wildman–Crippen MR) is 62.3 cm³/mol. The van der Waals surface area contributed by atoms with E-state index in [1.54, 1.807) is 0 Å². The predicted octanol–water partition coefficient (Wildman–Crippen LogP) is 3.66. The van der Waals surface area contributed by atoms with Crippen LogP contribution in [0.25, 0.3) is 0 Å². The minimum Gasteiger partial charge on any atom is -0.293 e. The molecule has 0 bridgehead atoms. The second-order valence-corrected chi connectivity index (χ2v) is 4.32. The van der Waals surface area contributed by atoms with E-state index in [1.807, 2.05) is 22.6 Å². The first-order valence-corrected chi connectivity index (χ1v) is 5.88. The van der Waals surface area contributed by atoms with Crippen LogP contribution in [0.2, 0.25) is 5.02 Å². The van der Waals surface area contributed by atoms with Crippen LogP contribution in [0.1, 0.15) is 10.4 Å². The first kappa shape index (κ1) is 11.4. The summed E-state index contributed by atoms with van der Waals surface area (Å²) in [6.07, 6.45) is 0. The number of ketones is 1. The van der Waals surface area contributed by atoms with Gasteiger partial charge in [0.2, 0.25) is 0 Å². The van der Waals surface area contributed by atoms with Crippen LogP contribution in [0.5, 0.6) is 0 Å². The second-order valence-electron chi connectivity index (χ2n) is 2.27. The zero-order chi connectivity index (χ0) is 10.0. The maximum atomic E-state index is 13.2. The van der Waals surface area contributed by atoms with Gasteiger partial charge in [-0.2, -0.15) is 0 Å². The van der Waals surface area contributed by atoms with Gasteiger partial charge in [-0.3, -0.25) is 4.79 Å². The molecule has 0 aromatic heterocycles. The third-order valence-corrected chi connectivity index (χ3v) is 3.71. The van der Waals surface area contributed by atoms with E-state index in [9.17, 15) is 9.18 Å². The molecule has 1 rings (SSSR count). The van der Waals surface area contributed by atoms with Crippen LogP contribution in [0.15, 0.2) is 12.1 Å². The normalized spacial score (nSPS) is 10.2. The summed E-state index contributed by atoms with van der Waals surface area (Å²) < 4.78 is 13.6. The van der Waals surface area contributed by atoms with Crippen LogP contribution in [0, 0.1) is 9.39 Å². The average molecular weight is 377 g/mol. The molecular weight excluding hydrogens is 373 g/mol. The highest BCUT2D eigenvalue weighted by atomic mass is 127. The Morgan fingerprint density at radius 1 is 1.62 bits per heavy atom. The van der Waals surface area contributed by atoms with Crippen molar-refractivity contribution >= 4 is 55.9 Å². The molecular formula is C8H4BrClFIO. The number of halogens is 4. The summed E-state index contributed by atoms with van der Waals surface area (Å²) in [7, 11) is 0. The molecule has 0 aliphatic heterocycles. The fourth-order valence-corrected chi connectivity index (χ4v) is 2.03. The van der Waals surface area contributed by atoms with Gasteiger partial charge in [0.05, 0.1) is 15.9 Å². The molecule has 5 heteroatoms. The first-order valence-electron chi connectivity index (χ1n) is 3.30. The van der Waals surface area contributed by atoms with Gasteiger partial charge >= 0.3 is 0 Å². The molecule has 0 atom stereocenters. The average Bonchev–Trinajstić information content (AvgIpc) is 2.12. The van der Waals surface area contributed by atoms with Gasteiger partial charge in [0.25, 0.3) is 0 Å². The van der Waals surface area contributed by atoms with Gasteiger partial charge in [-0.15, -0.1) is 0 Å². The van der Waals surface area contributed by atoms with E-state index in [0.29, 0.717) is 8.59 Å². The molecule has 0 fully saturated rings. The number of carbonyl (C=O) groups excluding carboxylic acids is 1. The zero-order valence-electron chi connectivity index (χ0n) is 6.28. The van der Waals surface area contributed by atoms with Gasteiger partial charge in [-0.1, -0.05) is 27.5 Å². The molecule has 0 heterocycles. The molecule has 0 radical (unpaired) electrons. The third-order valence-electron chi connectivity index (χ3n) is 1.44. The summed E-state index contributed by atoms with van der Waals surface area (Å²) in [5.41, 5.74) is 0.0602. The number of hydrogen-bond donors (Lipinski definition) is 0. The molecule has 1 aromatic carbocycles. The van der Waals surface area contributed by atoms with Gasteiger partial charge in [-0.05, 0) is 34.7 Å². The van der Waals surface area contributed by atoms with Crippen molar-refractivity contribution in [3.05, 3.63) is 32.1 Å². The molecule has 0 spiro atoms. The Hall–Kier alpha value is 0.320. The van der Waals surface area contributed by atoms with E-state index in [0.717, 1.165) is 0 Å². The summed E-state index contributed by atoms with van der Waals surface area (Å²) in [4.78, 5) is 11.3. The van der Waals surface area contributed by atoms with E-state index < -0.39 is 5.82 Å². The lowest BCUT2D eigenvalue weighted by Gasteiger charge is -2.04. The SMILES string of the molecule is O=C(CBr)c1c(F)ccc(Cl)c1I. The minimum absolute atomic E-state index is 0.0602. The second kappa shape index (κ2) is 4.70. The van der Waals surface area contributed by atoms with Gasteiger partial charge in [0.15, 0.2) is 5.78 Å². The number of carbonyl (C=O) groups is 1. The Morgan fingerprint density at radius 3 is 2.77 bits per heavy atom. The van der Waals surface area contributed by atoms with Crippen LogP contribution in [0.3, 0.4) is 0 Å². The van der Waals surface area contributed by atoms with Crippen molar-refractivity contribution in [2.24, 2.45) is 0 Å². The molecule has 0 aliphatic carbocycles. The Bertz CT molecular complexity index is 356. The van der Waals surface area contributed by atoms with E-state index in [4.69, 9.17) is 11.6 Å². The van der Waals surface area contributed by atoms with E-state index in [2.05, 4.69) is 15.9 Å². The molecule has 0 aliphatic rings. The molecule has 1 nitrogen and oxygen atoms in total. The minimum atomic E-state index is -0.529. The van der Waals surface area contributed by atoms with Crippen molar-refractivity contribution in [2.75, 3.05) is 5.33 Å². The molecule has 0 N–H and O–H groups in total. The summed E-state index contributed by atoms with van der Waals surface area (Å²) in [6.45, 7) is 0. The van der Waals surface area contributed by atoms with Crippen LogP contribution >= 0.6 is 50.1 Å². The van der Waals surface area contributed by atoms with Crippen LogP contribution in [-0.4, -0.2) is 11.1 Å². The third kappa shape index (κ3) is 2.41. The van der Waals surface area contributed by atoms with Crippen molar-refractivity contribution in [2.45, 2.75) is 0 Å². The Kier molecular flexibility index (Phi) is 4.12. The lowest BCUT2D eigenvalue weighted by molar-refractivity contribution is 0.101. The standard InChI is InChI=1S/C8H4BrClFIO/c9-3-6(13)7-5(11)2-1-4(10)8(7)12/h1-2H,3H2. The van der Waals surface area contributed by atoms with Crippen molar-refractivity contribution in [3.8, 4) is 0 Å². The number of Topliss-reactive ketones (excluding diaryl/α,β-unsaturated/α-hetero) is 1. The summed E-state index contributed by atoms with van der Waals surface area (Å²) in [5.74, 6) is -0.831. The van der Waals surface area contributed by atoms with Crippen molar-refractivity contribution < 1.29 is 9.18 Å². The highest BCUT2D eigenvalue weighted by molar-refractivity contribution is 14.1. The Morgan fingerprint density at radius 2 is 2.23 bits per heavy atom. The molecule has 0 saturated heterocycles. The van der Waals surface area contributed by atoms with Crippen molar-refractivity contribution in [1.29, 1.82) is 0 Å². The van der Waals surface area contributed by atoms with Gasteiger partial charge < -0.3 is 0 Å². The molecule has 0 amide bonds. The molecule has 1 aromatic rings. The van der Waals surface area contributed by atoms with E-state index in [-0.39, 0.29) is 16.7 Å². The molecule has 0 saturated carbocycles. The molecule has 13 heavy (non-hydrogen) atoms. The number of benzene rings is 1. The Labute approximate surface area is 102 Å². The maximum Gasteiger partial charge on any atom is 0.177 e. The lowest BCUT2D eigenvalue weighted by atomic mass is 10.1. The fourth-order valence-electron chi connectivity index (χ4n) is 0.849. The number of alkyl halides is 1. The first-order chi connectivity index (χ1) is 6.07. The van der Waals surface area contributed by atoms with Crippen LogP contribution < -0.4 is 0 Å². The quantitative estimate of drug-likeness (QED) is 0.333. The lowest BCUT2D eigenvalue weighted by Crippen LogP contribution is -2.06. The molecule has 0 unspecified atom stereocenters. The topological polar surface area (TPSA) is 17.1 Å². The number of rotatable bonds is 2. The number of hydrogen-bond acceptors (Lipinski definition) is 1. The zero-order valence-corrected chi connectivity index (χ0v) is 10.8. The fraction of sp³-hybridized carbons (Fsp3) is 0.125. The van der Waals surface area contributed by atoms with Gasteiger partial charge in [0, 0.05) is 3.57 Å². The summed E-state index contributed by atoms with van der Waals surface area (Å²) in [6, 6.07) is 2.63. The summed E-state index contributed by atoms with van der Waals surface area (Å²) in [5, 5.41) is 0.492. The smallest absolute Gasteiger partial charge is 0.177 e. The van der Waals surface area contributed by atoms with Crippen molar-refractivity contribution in [1.82, 2.24) is 0 Å². The van der Waals surface area contributed by atoms with Gasteiger partial charge in [-0.25, -0.2) is 4.39 Å². The highest BCUT2D eigenvalue weighted by Crippen LogP contribution is 2.25. The van der Waals surface area contributed by atoms with Crippen LogP contribution in [0.4, 0.5) is 4.39 Å². The van der Waals surface area contributed by atoms with E-state index in [1.165, 1.54) is 12.1 Å². The largest absolute Gasteiger partial charge is 0.293 e. The maximum absolute atomic E-state index is 13.2. The van der Waals surface area contributed by atoms with Gasteiger partial charge in [0.1, 0.15) is 5.82 Å². The Balaban J connectivity index is 3.33.